The Bertz CT molecular complexity index is 859. The molecule has 1 aromatic carbocycles. The lowest BCUT2D eigenvalue weighted by Crippen LogP contribution is -1.92. The van der Waals surface area contributed by atoms with Gasteiger partial charge < -0.3 is 4.42 Å². The van der Waals surface area contributed by atoms with E-state index < -0.39 is 0 Å². The fourth-order valence-corrected chi connectivity index (χ4v) is 2.11. The first-order chi connectivity index (χ1) is 8.34. The monoisotopic (exact) mass is 224 g/mol. The lowest BCUT2D eigenvalue weighted by molar-refractivity contribution is 0.667. The van der Waals surface area contributed by atoms with Crippen LogP contribution in [0.15, 0.2) is 34.9 Å². The van der Waals surface area contributed by atoms with E-state index in [0.29, 0.717) is 5.65 Å². The van der Waals surface area contributed by atoms with Gasteiger partial charge in [0.25, 0.3) is 0 Å². The first-order valence-corrected chi connectivity index (χ1v) is 5.33. The summed E-state index contributed by atoms with van der Waals surface area (Å²) >= 11 is 0. The van der Waals surface area contributed by atoms with Crippen LogP contribution in [0, 0.1) is 6.92 Å². The molecule has 0 amide bonds. The third-order valence-corrected chi connectivity index (χ3v) is 2.94. The fraction of sp³-hybridized carbons (Fsp3) is 0.0833. The zero-order valence-corrected chi connectivity index (χ0v) is 9.08. The van der Waals surface area contributed by atoms with Gasteiger partial charge in [0, 0.05) is 5.39 Å². The van der Waals surface area contributed by atoms with Crippen LogP contribution in [0.5, 0.6) is 0 Å². The minimum absolute atomic E-state index is 0.663. The zero-order chi connectivity index (χ0) is 11.4. The third-order valence-electron chi connectivity index (χ3n) is 2.94. The summed E-state index contributed by atoms with van der Waals surface area (Å²) in [6, 6.07) is 7.89. The van der Waals surface area contributed by atoms with Gasteiger partial charge in [0.05, 0.1) is 11.6 Å². The SMILES string of the molecule is Cc1nnc2c3oc4ccccc4c3cnn12. The number of hydrogen-bond acceptors (Lipinski definition) is 4. The van der Waals surface area contributed by atoms with Crippen LogP contribution >= 0.6 is 0 Å². The number of rotatable bonds is 0. The number of fused-ring (bicyclic) bond motifs is 5. The highest BCUT2D eigenvalue weighted by Crippen LogP contribution is 2.29. The summed E-state index contributed by atoms with van der Waals surface area (Å²) in [6.07, 6.45) is 1.80. The maximum atomic E-state index is 5.82. The molecule has 0 aliphatic rings. The highest BCUT2D eigenvalue weighted by molar-refractivity contribution is 6.08. The van der Waals surface area contributed by atoms with Crippen molar-refractivity contribution in [2.75, 3.05) is 0 Å². The smallest absolute Gasteiger partial charge is 0.221 e. The second-order valence-electron chi connectivity index (χ2n) is 3.97. The summed E-state index contributed by atoms with van der Waals surface area (Å²) in [6.45, 7) is 1.86. The predicted octanol–water partition coefficient (Wildman–Crippen LogP) is 2.33. The predicted molar refractivity (Wildman–Crippen MR) is 62.8 cm³/mol. The molecule has 0 aliphatic heterocycles. The Kier molecular flexibility index (Phi) is 1.44. The van der Waals surface area contributed by atoms with E-state index in [0.717, 1.165) is 27.8 Å². The van der Waals surface area contributed by atoms with Crippen LogP contribution in [0.25, 0.3) is 27.6 Å². The molecule has 5 nitrogen and oxygen atoms in total. The molecular formula is C12H8N4O. The second kappa shape index (κ2) is 2.82. The quantitative estimate of drug-likeness (QED) is 0.460. The number of furan rings is 1. The summed E-state index contributed by atoms with van der Waals surface area (Å²) in [7, 11) is 0. The second-order valence-corrected chi connectivity index (χ2v) is 3.97. The number of nitrogens with zero attached hydrogens (tertiary/aromatic N) is 4. The van der Waals surface area contributed by atoms with E-state index in [-0.39, 0.29) is 0 Å². The number of hydrogen-bond donors (Lipinski definition) is 0. The molecule has 0 atom stereocenters. The Balaban J connectivity index is 2.34. The van der Waals surface area contributed by atoms with Crippen molar-refractivity contribution in [2.24, 2.45) is 0 Å². The molecule has 0 saturated carbocycles. The van der Waals surface area contributed by atoms with E-state index in [9.17, 15) is 0 Å². The molecule has 3 heterocycles. The molecule has 0 unspecified atom stereocenters. The van der Waals surface area contributed by atoms with Crippen LogP contribution in [-0.4, -0.2) is 19.8 Å². The van der Waals surface area contributed by atoms with Gasteiger partial charge in [-0.25, -0.2) is 0 Å². The Morgan fingerprint density at radius 2 is 2.00 bits per heavy atom. The van der Waals surface area contributed by atoms with Crippen molar-refractivity contribution in [3.8, 4) is 0 Å². The molecule has 0 saturated heterocycles. The minimum Gasteiger partial charge on any atom is -0.452 e. The maximum absolute atomic E-state index is 5.82. The van der Waals surface area contributed by atoms with Crippen molar-refractivity contribution >= 4 is 27.6 Å². The normalized spacial score (nSPS) is 11.8. The van der Waals surface area contributed by atoms with Crippen LogP contribution in [-0.2, 0) is 0 Å². The summed E-state index contributed by atoms with van der Waals surface area (Å²) in [5.41, 5.74) is 2.25. The average molecular weight is 224 g/mol. The number of aryl methyl sites for hydroxylation is 1. The molecule has 5 heteroatoms. The largest absolute Gasteiger partial charge is 0.452 e. The van der Waals surface area contributed by atoms with Crippen LogP contribution < -0.4 is 0 Å². The number of aromatic nitrogens is 4. The molecule has 0 fully saturated rings. The Labute approximate surface area is 95.7 Å². The van der Waals surface area contributed by atoms with E-state index in [1.165, 1.54) is 0 Å². The molecule has 82 valence electrons. The Morgan fingerprint density at radius 1 is 1.12 bits per heavy atom. The highest BCUT2D eigenvalue weighted by atomic mass is 16.3. The minimum atomic E-state index is 0.663. The number of para-hydroxylation sites is 1. The van der Waals surface area contributed by atoms with Crippen molar-refractivity contribution in [3.63, 3.8) is 0 Å². The molecule has 3 aromatic heterocycles. The van der Waals surface area contributed by atoms with Gasteiger partial charge in [0.1, 0.15) is 5.58 Å². The van der Waals surface area contributed by atoms with Gasteiger partial charge >= 0.3 is 0 Å². The maximum Gasteiger partial charge on any atom is 0.221 e. The highest BCUT2D eigenvalue weighted by Gasteiger charge is 2.13. The van der Waals surface area contributed by atoms with E-state index in [1.807, 2.05) is 31.2 Å². The lowest BCUT2D eigenvalue weighted by Gasteiger charge is -1.92. The Hall–Kier alpha value is -2.43. The topological polar surface area (TPSA) is 56.2 Å². The van der Waals surface area contributed by atoms with Crippen molar-refractivity contribution in [1.29, 1.82) is 0 Å². The standard InChI is InChI=1S/C12H8N4O/c1-7-14-15-12-11-9(6-13-16(7)12)8-4-2-3-5-10(8)17-11/h2-6H,1H3. The summed E-state index contributed by atoms with van der Waals surface area (Å²) < 4.78 is 7.50. The molecule has 0 aliphatic carbocycles. The van der Waals surface area contributed by atoms with Crippen molar-refractivity contribution in [1.82, 2.24) is 19.8 Å². The molecule has 0 N–H and O–H groups in total. The van der Waals surface area contributed by atoms with Gasteiger partial charge in [-0.15, -0.1) is 10.2 Å². The fourth-order valence-electron chi connectivity index (χ4n) is 2.11. The van der Waals surface area contributed by atoms with Gasteiger partial charge in [-0.1, -0.05) is 18.2 Å². The van der Waals surface area contributed by atoms with Crippen molar-refractivity contribution < 1.29 is 4.42 Å². The van der Waals surface area contributed by atoms with Gasteiger partial charge in [-0.3, -0.25) is 0 Å². The van der Waals surface area contributed by atoms with Crippen LogP contribution in [0.3, 0.4) is 0 Å². The first-order valence-electron chi connectivity index (χ1n) is 5.33. The molecule has 4 rings (SSSR count). The Morgan fingerprint density at radius 3 is 2.94 bits per heavy atom. The first kappa shape index (κ1) is 8.69. The van der Waals surface area contributed by atoms with Gasteiger partial charge in [-0.05, 0) is 13.0 Å². The van der Waals surface area contributed by atoms with E-state index in [4.69, 9.17) is 4.42 Å². The summed E-state index contributed by atoms with van der Waals surface area (Å²) in [5, 5.41) is 14.5. The molecule has 0 radical (unpaired) electrons. The van der Waals surface area contributed by atoms with Gasteiger partial charge in [0.2, 0.25) is 5.65 Å². The van der Waals surface area contributed by atoms with E-state index in [2.05, 4.69) is 15.3 Å². The van der Waals surface area contributed by atoms with Gasteiger partial charge in [0.15, 0.2) is 11.4 Å². The molecule has 17 heavy (non-hydrogen) atoms. The molecule has 4 aromatic rings. The third kappa shape index (κ3) is 1.00. The number of benzene rings is 1. The van der Waals surface area contributed by atoms with E-state index >= 15 is 0 Å². The molecule has 0 bridgehead atoms. The van der Waals surface area contributed by atoms with E-state index in [1.54, 1.807) is 10.7 Å². The average Bonchev–Trinajstić information content (AvgIpc) is 2.90. The zero-order valence-electron chi connectivity index (χ0n) is 9.08. The summed E-state index contributed by atoms with van der Waals surface area (Å²) in [5.74, 6) is 0.752. The van der Waals surface area contributed by atoms with Crippen LogP contribution in [0.2, 0.25) is 0 Å². The molecule has 0 spiro atoms. The van der Waals surface area contributed by atoms with Crippen LogP contribution in [0.1, 0.15) is 5.82 Å². The van der Waals surface area contributed by atoms with Gasteiger partial charge in [-0.2, -0.15) is 9.61 Å². The summed E-state index contributed by atoms with van der Waals surface area (Å²) in [4.78, 5) is 0. The van der Waals surface area contributed by atoms with Crippen molar-refractivity contribution in [3.05, 3.63) is 36.3 Å². The molecular weight excluding hydrogens is 216 g/mol. The van der Waals surface area contributed by atoms with Crippen molar-refractivity contribution in [2.45, 2.75) is 6.92 Å². The lowest BCUT2D eigenvalue weighted by atomic mass is 10.2. The van der Waals surface area contributed by atoms with Crippen LogP contribution in [0.4, 0.5) is 0 Å².